The van der Waals surface area contributed by atoms with E-state index in [1.807, 2.05) is 0 Å². The van der Waals surface area contributed by atoms with Gasteiger partial charge < -0.3 is 20.8 Å². The summed E-state index contributed by atoms with van der Waals surface area (Å²) >= 11 is 0.994. The highest BCUT2D eigenvalue weighted by molar-refractivity contribution is 7.13. The number of phenols is 2. The minimum Gasteiger partial charge on any atom is -0.506 e. The van der Waals surface area contributed by atoms with E-state index in [2.05, 4.69) is 10.6 Å². The number of hydrogen-bond acceptors (Lipinski definition) is 7. The summed E-state index contributed by atoms with van der Waals surface area (Å²) in [6.45, 7) is 1.45. The van der Waals surface area contributed by atoms with Gasteiger partial charge in [-0.1, -0.05) is 24.3 Å². The summed E-state index contributed by atoms with van der Waals surface area (Å²) in [6.07, 6.45) is 0.786. The zero-order valence-electron chi connectivity index (χ0n) is 15.1. The molecule has 2 aromatic carbocycles. The molecule has 1 aromatic heterocycles. The van der Waals surface area contributed by atoms with Crippen molar-refractivity contribution in [1.82, 2.24) is 10.6 Å². The highest BCUT2D eigenvalue weighted by Gasteiger charge is 2.40. The number of benzene rings is 2. The Labute approximate surface area is 169 Å². The molecule has 0 unspecified atom stereocenters. The molecule has 5 rings (SSSR count). The Morgan fingerprint density at radius 3 is 2.31 bits per heavy atom. The third kappa shape index (κ3) is 2.49. The SMILES string of the molecule is O=C(N[C@@H]1CCNC1)c1csc2c1C(=O)c1c(c(O)c3ccccc3c1O)C2=O. The van der Waals surface area contributed by atoms with E-state index in [1.54, 1.807) is 24.3 Å². The van der Waals surface area contributed by atoms with Crippen molar-refractivity contribution in [3.05, 3.63) is 56.8 Å². The fourth-order valence-electron chi connectivity index (χ4n) is 4.04. The summed E-state index contributed by atoms with van der Waals surface area (Å²) in [6, 6.07) is 6.42. The van der Waals surface area contributed by atoms with Crippen LogP contribution in [0.15, 0.2) is 29.6 Å². The molecule has 2 heterocycles. The van der Waals surface area contributed by atoms with E-state index >= 15 is 0 Å². The van der Waals surface area contributed by atoms with Gasteiger partial charge >= 0.3 is 0 Å². The summed E-state index contributed by atoms with van der Waals surface area (Å²) in [4.78, 5) is 39.2. The van der Waals surface area contributed by atoms with E-state index in [9.17, 15) is 24.6 Å². The molecule has 0 saturated carbocycles. The number of rotatable bonds is 2. The second kappa shape index (κ2) is 6.40. The molecule has 4 N–H and O–H groups in total. The summed E-state index contributed by atoms with van der Waals surface area (Å²) < 4.78 is 0. The molecule has 29 heavy (non-hydrogen) atoms. The number of carbonyl (C=O) groups excluding carboxylic acids is 3. The van der Waals surface area contributed by atoms with Crippen LogP contribution in [0.1, 0.15) is 47.9 Å². The molecule has 1 amide bonds. The van der Waals surface area contributed by atoms with Crippen LogP contribution >= 0.6 is 11.3 Å². The lowest BCUT2D eigenvalue weighted by Gasteiger charge is -2.20. The monoisotopic (exact) mass is 408 g/mol. The number of phenolic OH excluding ortho intramolecular Hbond substituents is 2. The van der Waals surface area contributed by atoms with Crippen molar-refractivity contribution < 1.29 is 24.6 Å². The van der Waals surface area contributed by atoms with Crippen LogP contribution < -0.4 is 10.6 Å². The molecule has 1 aliphatic heterocycles. The maximum absolute atomic E-state index is 13.3. The first-order valence-corrected chi connectivity index (χ1v) is 10.1. The van der Waals surface area contributed by atoms with Gasteiger partial charge in [-0.2, -0.15) is 0 Å². The minimum atomic E-state index is -0.635. The van der Waals surface area contributed by atoms with Crippen LogP contribution in [0, 0.1) is 0 Å². The molecule has 0 bridgehead atoms. The molecular formula is C21H16N2O5S. The molecule has 3 aromatic rings. The van der Waals surface area contributed by atoms with Crippen LogP contribution in [0.3, 0.4) is 0 Å². The van der Waals surface area contributed by atoms with Gasteiger partial charge in [0.2, 0.25) is 5.78 Å². The Kier molecular flexibility index (Phi) is 3.94. The first-order valence-electron chi connectivity index (χ1n) is 9.18. The Morgan fingerprint density at radius 1 is 1.03 bits per heavy atom. The number of ketones is 2. The molecular weight excluding hydrogens is 392 g/mol. The molecule has 1 aliphatic carbocycles. The second-order valence-corrected chi connectivity index (χ2v) is 8.05. The van der Waals surface area contributed by atoms with Crippen LogP contribution in [0.2, 0.25) is 0 Å². The predicted octanol–water partition coefficient (Wildman–Crippen LogP) is 2.18. The second-order valence-electron chi connectivity index (χ2n) is 7.17. The van der Waals surface area contributed by atoms with Crippen LogP contribution in [-0.2, 0) is 0 Å². The first kappa shape index (κ1) is 17.8. The molecule has 1 atom stereocenters. The fraction of sp³-hybridized carbons (Fsp3) is 0.190. The van der Waals surface area contributed by atoms with Crippen molar-refractivity contribution in [1.29, 1.82) is 0 Å². The van der Waals surface area contributed by atoms with E-state index in [0.29, 0.717) is 6.54 Å². The Balaban J connectivity index is 1.67. The van der Waals surface area contributed by atoms with E-state index in [-0.39, 0.29) is 55.4 Å². The Morgan fingerprint density at radius 2 is 1.69 bits per heavy atom. The average Bonchev–Trinajstić information content (AvgIpc) is 3.39. The van der Waals surface area contributed by atoms with E-state index in [1.165, 1.54) is 5.38 Å². The highest BCUT2D eigenvalue weighted by atomic mass is 32.1. The zero-order valence-corrected chi connectivity index (χ0v) is 15.9. The number of hydrogen-bond donors (Lipinski definition) is 4. The van der Waals surface area contributed by atoms with E-state index in [4.69, 9.17) is 0 Å². The van der Waals surface area contributed by atoms with E-state index in [0.717, 1.165) is 24.3 Å². The molecule has 0 spiro atoms. The summed E-state index contributed by atoms with van der Waals surface area (Å²) in [7, 11) is 0. The lowest BCUT2D eigenvalue weighted by molar-refractivity contribution is 0.0927. The largest absolute Gasteiger partial charge is 0.506 e. The van der Waals surface area contributed by atoms with Crippen molar-refractivity contribution in [2.75, 3.05) is 13.1 Å². The number of aromatic hydroxyl groups is 2. The van der Waals surface area contributed by atoms with Gasteiger partial charge in [0.25, 0.3) is 5.91 Å². The van der Waals surface area contributed by atoms with Gasteiger partial charge in [0, 0.05) is 28.7 Å². The van der Waals surface area contributed by atoms with Gasteiger partial charge in [-0.25, -0.2) is 0 Å². The van der Waals surface area contributed by atoms with Crippen molar-refractivity contribution >= 4 is 39.6 Å². The van der Waals surface area contributed by atoms with Crippen molar-refractivity contribution in [2.45, 2.75) is 12.5 Å². The summed E-state index contributed by atoms with van der Waals surface area (Å²) in [5.41, 5.74) is -0.366. The minimum absolute atomic E-state index is 0.0130. The highest BCUT2D eigenvalue weighted by Crippen LogP contribution is 2.45. The third-order valence-electron chi connectivity index (χ3n) is 5.48. The van der Waals surface area contributed by atoms with Crippen molar-refractivity contribution in [3.8, 4) is 11.5 Å². The topological polar surface area (TPSA) is 116 Å². The number of amides is 1. The van der Waals surface area contributed by atoms with Gasteiger partial charge in [-0.15, -0.1) is 11.3 Å². The van der Waals surface area contributed by atoms with Crippen LogP contribution in [0.5, 0.6) is 11.5 Å². The van der Waals surface area contributed by atoms with Crippen LogP contribution in [-0.4, -0.2) is 46.8 Å². The number of thiophene rings is 1. The molecule has 8 heteroatoms. The number of fused-ring (bicyclic) bond motifs is 3. The van der Waals surface area contributed by atoms with Crippen LogP contribution in [0.25, 0.3) is 10.8 Å². The standard InChI is InChI=1S/C21H16N2O5S/c24-16-10-3-1-2-4-11(10)17(25)15-14(16)18(26)13-12(8-29-20(13)19(15)27)21(28)23-9-5-6-22-7-9/h1-4,8-9,22,24-25H,5-7H2,(H,23,28)/t9-/m1/s1. The van der Waals surface area contributed by atoms with E-state index < -0.39 is 17.5 Å². The maximum atomic E-state index is 13.3. The fourth-order valence-corrected chi connectivity index (χ4v) is 5.03. The lowest BCUT2D eigenvalue weighted by Crippen LogP contribution is -2.37. The predicted molar refractivity (Wildman–Crippen MR) is 107 cm³/mol. The van der Waals surface area contributed by atoms with Crippen molar-refractivity contribution in [2.24, 2.45) is 0 Å². The molecule has 2 aliphatic rings. The van der Waals surface area contributed by atoms with Gasteiger partial charge in [0.05, 0.1) is 27.1 Å². The quantitative estimate of drug-likeness (QED) is 0.378. The lowest BCUT2D eigenvalue weighted by atomic mass is 9.83. The maximum Gasteiger partial charge on any atom is 0.253 e. The Hall–Kier alpha value is -3.23. The number of carbonyl (C=O) groups is 3. The zero-order chi connectivity index (χ0) is 20.3. The van der Waals surface area contributed by atoms with Gasteiger partial charge in [0.1, 0.15) is 11.5 Å². The molecule has 1 fully saturated rings. The molecule has 7 nitrogen and oxygen atoms in total. The molecule has 146 valence electrons. The smallest absolute Gasteiger partial charge is 0.253 e. The molecule has 0 radical (unpaired) electrons. The Bertz CT molecular complexity index is 1220. The summed E-state index contributed by atoms with van der Waals surface area (Å²) in [5.74, 6) is -2.34. The average molecular weight is 408 g/mol. The summed E-state index contributed by atoms with van der Waals surface area (Å²) in [5, 5.41) is 29.5. The van der Waals surface area contributed by atoms with Crippen molar-refractivity contribution in [3.63, 3.8) is 0 Å². The van der Waals surface area contributed by atoms with Gasteiger partial charge in [-0.05, 0) is 13.0 Å². The van der Waals surface area contributed by atoms with Gasteiger partial charge in [0.15, 0.2) is 5.78 Å². The van der Waals surface area contributed by atoms with Crippen LogP contribution in [0.4, 0.5) is 0 Å². The van der Waals surface area contributed by atoms with Gasteiger partial charge in [-0.3, -0.25) is 14.4 Å². The first-order chi connectivity index (χ1) is 14.0. The number of nitrogens with one attached hydrogen (secondary N) is 2. The molecule has 1 saturated heterocycles. The normalized spacial score (nSPS) is 18.0. The third-order valence-corrected chi connectivity index (χ3v) is 6.46.